The molecule has 34 heavy (non-hydrogen) atoms. The number of hydrogen-bond acceptors (Lipinski definition) is 4. The normalized spacial score (nSPS) is 13.8. The molecule has 1 saturated heterocycles. The molecule has 0 radical (unpaired) electrons. The molecule has 0 amide bonds. The number of morpholine rings is 1. The molecule has 4 aromatic carbocycles. The maximum atomic E-state index is 6.64. The SMILES string of the molecule is Clc1ccccc1COc1ccc2ccccc2c1CNc1ccc(N2CCOCC2)c(Cl)c1. The van der Waals surface area contributed by atoms with Gasteiger partial charge in [0.15, 0.2) is 0 Å². The molecule has 0 aromatic heterocycles. The fraction of sp³-hybridized carbons (Fsp3) is 0.214. The molecule has 5 rings (SSSR count). The molecule has 4 aromatic rings. The van der Waals surface area contributed by atoms with Gasteiger partial charge in [-0.2, -0.15) is 0 Å². The second kappa shape index (κ2) is 10.6. The Hall–Kier alpha value is -2.92. The van der Waals surface area contributed by atoms with Gasteiger partial charge in [0.25, 0.3) is 0 Å². The number of benzene rings is 4. The van der Waals surface area contributed by atoms with Gasteiger partial charge < -0.3 is 19.7 Å². The third-order valence-corrected chi connectivity index (χ3v) is 6.78. The molecular formula is C28H26Cl2N2O2. The van der Waals surface area contributed by atoms with Crippen molar-refractivity contribution >= 4 is 45.3 Å². The lowest BCUT2D eigenvalue weighted by molar-refractivity contribution is 0.122. The quantitative estimate of drug-likeness (QED) is 0.296. The average Bonchev–Trinajstić information content (AvgIpc) is 2.87. The monoisotopic (exact) mass is 492 g/mol. The zero-order valence-corrected chi connectivity index (χ0v) is 20.3. The van der Waals surface area contributed by atoms with Crippen LogP contribution in [0.3, 0.4) is 0 Å². The number of halogens is 2. The second-order valence-corrected chi connectivity index (χ2v) is 9.08. The third kappa shape index (κ3) is 5.10. The Balaban J connectivity index is 1.37. The fourth-order valence-electron chi connectivity index (χ4n) is 4.27. The van der Waals surface area contributed by atoms with Crippen molar-refractivity contribution in [3.05, 3.63) is 100 Å². The van der Waals surface area contributed by atoms with Gasteiger partial charge in [-0.25, -0.2) is 0 Å². The fourth-order valence-corrected chi connectivity index (χ4v) is 4.76. The Morgan fingerprint density at radius 2 is 1.65 bits per heavy atom. The van der Waals surface area contributed by atoms with Gasteiger partial charge in [-0.1, -0.05) is 71.7 Å². The van der Waals surface area contributed by atoms with Crippen molar-refractivity contribution in [1.82, 2.24) is 0 Å². The van der Waals surface area contributed by atoms with Crippen molar-refractivity contribution in [3.63, 3.8) is 0 Å². The summed E-state index contributed by atoms with van der Waals surface area (Å²) >= 11 is 13.0. The van der Waals surface area contributed by atoms with Gasteiger partial charge >= 0.3 is 0 Å². The number of rotatable bonds is 7. The summed E-state index contributed by atoms with van der Waals surface area (Å²) in [5.74, 6) is 0.835. The summed E-state index contributed by atoms with van der Waals surface area (Å²) in [4.78, 5) is 2.26. The number of hydrogen-bond donors (Lipinski definition) is 1. The molecule has 1 N–H and O–H groups in total. The van der Waals surface area contributed by atoms with E-state index in [9.17, 15) is 0 Å². The van der Waals surface area contributed by atoms with Crippen molar-refractivity contribution in [1.29, 1.82) is 0 Å². The van der Waals surface area contributed by atoms with E-state index in [0.29, 0.717) is 18.2 Å². The van der Waals surface area contributed by atoms with Crippen LogP contribution >= 0.6 is 23.2 Å². The van der Waals surface area contributed by atoms with Gasteiger partial charge in [0.2, 0.25) is 0 Å². The standard InChI is InChI=1S/C28H26Cl2N2O2/c29-25-8-4-2-6-21(25)19-34-28-12-9-20-5-1-3-7-23(20)24(28)18-31-22-10-11-27(26(30)17-22)32-13-15-33-16-14-32/h1-12,17,31H,13-16,18-19H2. The van der Waals surface area contributed by atoms with Crippen LogP contribution in [-0.4, -0.2) is 26.3 Å². The Labute approximate surface area is 210 Å². The van der Waals surface area contributed by atoms with Crippen LogP contribution in [0.4, 0.5) is 11.4 Å². The molecule has 0 saturated carbocycles. The number of ether oxygens (including phenoxy) is 2. The Morgan fingerprint density at radius 3 is 2.47 bits per heavy atom. The molecule has 4 nitrogen and oxygen atoms in total. The predicted molar refractivity (Wildman–Crippen MR) is 142 cm³/mol. The molecule has 0 bridgehead atoms. The maximum Gasteiger partial charge on any atom is 0.125 e. The lowest BCUT2D eigenvalue weighted by Crippen LogP contribution is -2.36. The molecule has 1 aliphatic heterocycles. The molecule has 174 valence electrons. The van der Waals surface area contributed by atoms with E-state index in [2.05, 4.69) is 46.6 Å². The number of nitrogens with zero attached hydrogens (tertiary/aromatic N) is 1. The van der Waals surface area contributed by atoms with E-state index in [1.54, 1.807) is 0 Å². The van der Waals surface area contributed by atoms with E-state index in [1.165, 1.54) is 5.39 Å². The first-order chi connectivity index (χ1) is 16.7. The van der Waals surface area contributed by atoms with Crippen LogP contribution in [0.1, 0.15) is 11.1 Å². The number of anilines is 2. The second-order valence-electron chi connectivity index (χ2n) is 8.26. The Morgan fingerprint density at radius 1 is 0.853 bits per heavy atom. The minimum Gasteiger partial charge on any atom is -0.488 e. The Bertz CT molecular complexity index is 1290. The number of nitrogens with one attached hydrogen (secondary N) is 1. The van der Waals surface area contributed by atoms with Crippen LogP contribution < -0.4 is 15.0 Å². The molecule has 0 atom stereocenters. The van der Waals surface area contributed by atoms with E-state index < -0.39 is 0 Å². The van der Waals surface area contributed by atoms with Crippen molar-refractivity contribution in [2.24, 2.45) is 0 Å². The van der Waals surface area contributed by atoms with E-state index >= 15 is 0 Å². The summed E-state index contributed by atoms with van der Waals surface area (Å²) < 4.78 is 11.7. The molecule has 1 heterocycles. The van der Waals surface area contributed by atoms with Crippen LogP contribution in [0.15, 0.2) is 78.9 Å². The highest BCUT2D eigenvalue weighted by Crippen LogP contribution is 2.32. The van der Waals surface area contributed by atoms with E-state index in [0.717, 1.165) is 65.0 Å². The van der Waals surface area contributed by atoms with Crippen LogP contribution in [-0.2, 0) is 17.9 Å². The van der Waals surface area contributed by atoms with Gasteiger partial charge in [0, 0.05) is 41.5 Å². The summed E-state index contributed by atoms with van der Waals surface area (Å²) in [5, 5.41) is 7.31. The van der Waals surface area contributed by atoms with Gasteiger partial charge in [0.05, 0.1) is 23.9 Å². The van der Waals surface area contributed by atoms with Crippen molar-refractivity contribution in [3.8, 4) is 5.75 Å². The van der Waals surface area contributed by atoms with Crippen molar-refractivity contribution in [2.75, 3.05) is 36.5 Å². The first-order valence-corrected chi connectivity index (χ1v) is 12.2. The third-order valence-electron chi connectivity index (χ3n) is 6.11. The van der Waals surface area contributed by atoms with Gasteiger partial charge in [-0.05, 0) is 41.1 Å². The van der Waals surface area contributed by atoms with Gasteiger partial charge in [-0.3, -0.25) is 0 Å². The lowest BCUT2D eigenvalue weighted by Gasteiger charge is -2.29. The summed E-state index contributed by atoms with van der Waals surface area (Å²) in [6.45, 7) is 4.18. The Kier molecular flexibility index (Phi) is 7.10. The lowest BCUT2D eigenvalue weighted by atomic mass is 10.0. The topological polar surface area (TPSA) is 33.7 Å². The smallest absolute Gasteiger partial charge is 0.125 e. The van der Waals surface area contributed by atoms with Gasteiger partial charge in [0.1, 0.15) is 12.4 Å². The highest BCUT2D eigenvalue weighted by molar-refractivity contribution is 6.33. The van der Waals surface area contributed by atoms with E-state index in [1.807, 2.05) is 42.5 Å². The van der Waals surface area contributed by atoms with Crippen molar-refractivity contribution in [2.45, 2.75) is 13.2 Å². The highest BCUT2D eigenvalue weighted by atomic mass is 35.5. The molecule has 0 aliphatic carbocycles. The first kappa shape index (κ1) is 22.9. The molecule has 0 spiro atoms. The molecule has 1 fully saturated rings. The molecule has 0 unspecified atom stereocenters. The van der Waals surface area contributed by atoms with Crippen molar-refractivity contribution < 1.29 is 9.47 Å². The maximum absolute atomic E-state index is 6.64. The zero-order valence-electron chi connectivity index (χ0n) is 18.8. The largest absolute Gasteiger partial charge is 0.488 e. The minimum atomic E-state index is 0.408. The molecule has 6 heteroatoms. The van der Waals surface area contributed by atoms with Crippen LogP contribution in [0.2, 0.25) is 10.0 Å². The highest BCUT2D eigenvalue weighted by Gasteiger charge is 2.15. The van der Waals surface area contributed by atoms with Gasteiger partial charge in [-0.15, -0.1) is 0 Å². The number of fused-ring (bicyclic) bond motifs is 1. The first-order valence-electron chi connectivity index (χ1n) is 11.4. The van der Waals surface area contributed by atoms with Crippen LogP contribution in [0, 0.1) is 0 Å². The van der Waals surface area contributed by atoms with E-state index in [4.69, 9.17) is 32.7 Å². The molecular weight excluding hydrogens is 467 g/mol. The average molecular weight is 493 g/mol. The zero-order chi connectivity index (χ0) is 23.3. The van der Waals surface area contributed by atoms with E-state index in [-0.39, 0.29) is 0 Å². The summed E-state index contributed by atoms with van der Waals surface area (Å²) in [5.41, 5.74) is 4.07. The molecule has 1 aliphatic rings. The van der Waals surface area contributed by atoms with Crippen LogP contribution in [0.5, 0.6) is 5.75 Å². The van der Waals surface area contributed by atoms with Crippen LogP contribution in [0.25, 0.3) is 10.8 Å². The minimum absolute atomic E-state index is 0.408. The summed E-state index contributed by atoms with van der Waals surface area (Å²) in [7, 11) is 0. The summed E-state index contributed by atoms with van der Waals surface area (Å²) in [6.07, 6.45) is 0. The predicted octanol–water partition coefficient (Wildman–Crippen LogP) is 7.17. The summed E-state index contributed by atoms with van der Waals surface area (Å²) in [6, 6.07) is 26.4.